The summed E-state index contributed by atoms with van der Waals surface area (Å²) in [6.07, 6.45) is -1.69. The molecule has 0 aromatic carbocycles. The quantitative estimate of drug-likeness (QED) is 0.412. The van der Waals surface area contributed by atoms with Crippen molar-refractivity contribution in [2.75, 3.05) is 50.0 Å². The van der Waals surface area contributed by atoms with Gasteiger partial charge in [-0.2, -0.15) is 13.2 Å². The molecule has 4 heterocycles. The maximum absolute atomic E-state index is 13.3. The Morgan fingerprint density at radius 3 is 3.00 bits per heavy atom. The Labute approximate surface area is 220 Å². The minimum atomic E-state index is -4.65. The number of hydrazine groups is 1. The summed E-state index contributed by atoms with van der Waals surface area (Å²) in [5.74, 6) is -1.31. The summed E-state index contributed by atoms with van der Waals surface area (Å²) in [4.78, 5) is 34.4. The SMILES string of the molecule is C[C@@H](COCCC(=O)N1CCN2c3ncc(Br)cc3SCC[C@H]2C1)NC1CNNC(=O)C1C(F)(F)F. The van der Waals surface area contributed by atoms with Crippen LogP contribution in [0.3, 0.4) is 0 Å². The van der Waals surface area contributed by atoms with Crippen LogP contribution in [0.15, 0.2) is 21.6 Å². The number of pyridine rings is 1. The molecule has 0 bridgehead atoms. The van der Waals surface area contributed by atoms with E-state index < -0.39 is 30.1 Å². The van der Waals surface area contributed by atoms with E-state index in [1.165, 1.54) is 0 Å². The van der Waals surface area contributed by atoms with Crippen LogP contribution in [0.1, 0.15) is 19.8 Å². The lowest BCUT2D eigenvalue weighted by Gasteiger charge is -2.41. The minimum absolute atomic E-state index is 0.00133. The average Bonchev–Trinajstić information content (AvgIpc) is 2.99. The first kappa shape index (κ1) is 27.4. The van der Waals surface area contributed by atoms with E-state index in [9.17, 15) is 22.8 Å². The van der Waals surface area contributed by atoms with Gasteiger partial charge in [0.2, 0.25) is 11.8 Å². The van der Waals surface area contributed by atoms with Gasteiger partial charge in [0.25, 0.3) is 0 Å². The predicted octanol–water partition coefficient (Wildman–Crippen LogP) is 1.92. The lowest BCUT2D eigenvalue weighted by molar-refractivity contribution is -0.193. The van der Waals surface area contributed by atoms with Crippen molar-refractivity contribution in [2.45, 2.75) is 49.0 Å². The second-order valence-corrected chi connectivity index (χ2v) is 11.2. The molecule has 2 amide bonds. The molecule has 0 aliphatic carbocycles. The molecule has 36 heavy (non-hydrogen) atoms. The molecule has 9 nitrogen and oxygen atoms in total. The Kier molecular flexibility index (Phi) is 9.02. The summed E-state index contributed by atoms with van der Waals surface area (Å²) in [6, 6.07) is 0.761. The first-order valence-corrected chi connectivity index (χ1v) is 13.7. The number of nitrogens with one attached hydrogen (secondary N) is 3. The van der Waals surface area contributed by atoms with Gasteiger partial charge in [-0.1, -0.05) is 0 Å². The summed E-state index contributed by atoms with van der Waals surface area (Å²) in [7, 11) is 0. The summed E-state index contributed by atoms with van der Waals surface area (Å²) < 4.78 is 46.3. The van der Waals surface area contributed by atoms with E-state index >= 15 is 0 Å². The van der Waals surface area contributed by atoms with Crippen LogP contribution in [0.2, 0.25) is 0 Å². The number of fused-ring (bicyclic) bond motifs is 3. The Balaban J connectivity index is 1.21. The van der Waals surface area contributed by atoms with Gasteiger partial charge in [-0.15, -0.1) is 11.8 Å². The van der Waals surface area contributed by atoms with Gasteiger partial charge in [0.1, 0.15) is 5.82 Å². The first-order valence-electron chi connectivity index (χ1n) is 11.9. The molecule has 3 aliphatic heterocycles. The third-order valence-corrected chi connectivity index (χ3v) is 8.00. The van der Waals surface area contributed by atoms with E-state index in [-0.39, 0.29) is 38.1 Å². The van der Waals surface area contributed by atoms with Crippen LogP contribution in [0.4, 0.5) is 19.0 Å². The highest BCUT2D eigenvalue weighted by Crippen LogP contribution is 2.37. The Morgan fingerprint density at radius 1 is 1.42 bits per heavy atom. The second-order valence-electron chi connectivity index (χ2n) is 9.19. The van der Waals surface area contributed by atoms with Gasteiger partial charge < -0.3 is 19.9 Å². The number of rotatable bonds is 7. The Bertz CT molecular complexity index is 958. The number of anilines is 1. The van der Waals surface area contributed by atoms with Gasteiger partial charge in [0, 0.05) is 60.7 Å². The molecule has 3 aliphatic rings. The standard InChI is InChI=1S/C22H30BrF3N6O3S/c1-13(29-16-10-28-30-21(34)19(16)22(24,25)26)12-35-6-2-18(33)31-4-5-32-15(11-31)3-7-36-17-8-14(23)9-27-20(17)32/h8-9,13,15-16,19,28-29H,2-7,10-12H2,1H3,(H,30,34)/t13-,15-,16?,19?/m0/s1. The number of halogens is 4. The number of hydrogen-bond acceptors (Lipinski definition) is 8. The molecule has 1 aromatic rings. The number of ether oxygens (including phenoxy) is 1. The lowest BCUT2D eigenvalue weighted by atomic mass is 9.96. The van der Waals surface area contributed by atoms with Crippen molar-refractivity contribution < 1.29 is 27.5 Å². The topological polar surface area (TPSA) is 98.8 Å². The van der Waals surface area contributed by atoms with Crippen LogP contribution < -0.4 is 21.1 Å². The second kappa shape index (κ2) is 11.8. The van der Waals surface area contributed by atoms with Gasteiger partial charge in [-0.3, -0.25) is 15.0 Å². The summed E-state index contributed by atoms with van der Waals surface area (Å²) in [5.41, 5.74) is 4.51. The third kappa shape index (κ3) is 6.63. The zero-order valence-electron chi connectivity index (χ0n) is 19.8. The van der Waals surface area contributed by atoms with Crippen LogP contribution in [0.25, 0.3) is 0 Å². The lowest BCUT2D eigenvalue weighted by Crippen LogP contribution is -2.64. The van der Waals surface area contributed by atoms with Crippen molar-refractivity contribution in [1.29, 1.82) is 0 Å². The van der Waals surface area contributed by atoms with Crippen molar-refractivity contribution in [2.24, 2.45) is 5.92 Å². The number of carbonyl (C=O) groups excluding carboxylic acids is 2. The predicted molar refractivity (Wildman–Crippen MR) is 133 cm³/mol. The zero-order chi connectivity index (χ0) is 25.9. The summed E-state index contributed by atoms with van der Waals surface area (Å²) >= 11 is 5.26. The van der Waals surface area contributed by atoms with E-state index in [0.717, 1.165) is 27.4 Å². The van der Waals surface area contributed by atoms with E-state index in [0.29, 0.717) is 19.6 Å². The van der Waals surface area contributed by atoms with Gasteiger partial charge in [-0.05, 0) is 35.3 Å². The van der Waals surface area contributed by atoms with Crippen LogP contribution in [0.5, 0.6) is 0 Å². The van der Waals surface area contributed by atoms with Crippen LogP contribution in [0, 0.1) is 5.92 Å². The fourth-order valence-corrected chi connectivity index (χ4v) is 6.40. The molecule has 0 saturated carbocycles. The smallest absolute Gasteiger partial charge is 0.379 e. The number of hydrogen-bond donors (Lipinski definition) is 3. The molecular weight excluding hydrogens is 565 g/mol. The highest BCUT2D eigenvalue weighted by molar-refractivity contribution is 9.10. The van der Waals surface area contributed by atoms with Crippen molar-refractivity contribution >= 4 is 45.3 Å². The fourth-order valence-electron chi connectivity index (χ4n) is 4.80. The molecule has 0 spiro atoms. The van der Waals surface area contributed by atoms with Crippen molar-refractivity contribution in [3.63, 3.8) is 0 Å². The number of alkyl halides is 3. The molecule has 3 N–H and O–H groups in total. The zero-order valence-corrected chi connectivity index (χ0v) is 22.2. The number of nitrogens with zero attached hydrogens (tertiary/aromatic N) is 3. The molecule has 2 fully saturated rings. The van der Waals surface area contributed by atoms with Gasteiger partial charge in [0.15, 0.2) is 5.92 Å². The molecule has 2 unspecified atom stereocenters. The molecule has 4 atom stereocenters. The Morgan fingerprint density at radius 2 is 2.22 bits per heavy atom. The molecule has 1 aromatic heterocycles. The minimum Gasteiger partial charge on any atom is -0.379 e. The van der Waals surface area contributed by atoms with Gasteiger partial charge in [-0.25, -0.2) is 10.4 Å². The monoisotopic (exact) mass is 594 g/mol. The van der Waals surface area contributed by atoms with E-state index in [1.54, 1.807) is 24.9 Å². The highest BCUT2D eigenvalue weighted by atomic mass is 79.9. The summed E-state index contributed by atoms with van der Waals surface area (Å²) in [6.45, 7) is 3.88. The highest BCUT2D eigenvalue weighted by Gasteiger charge is 2.51. The summed E-state index contributed by atoms with van der Waals surface area (Å²) in [5, 5.41) is 2.83. The number of aromatic nitrogens is 1. The largest absolute Gasteiger partial charge is 0.402 e. The van der Waals surface area contributed by atoms with Crippen LogP contribution >= 0.6 is 27.7 Å². The number of amides is 2. The number of thioether (sulfide) groups is 1. The fraction of sp³-hybridized carbons (Fsp3) is 0.682. The molecule has 0 radical (unpaired) electrons. The normalized spacial score (nSPS) is 25.5. The number of piperazine rings is 1. The van der Waals surface area contributed by atoms with Crippen molar-refractivity contribution in [3.05, 3.63) is 16.7 Å². The molecule has 200 valence electrons. The number of carbonyl (C=O) groups is 2. The molecule has 14 heteroatoms. The molecule has 4 rings (SSSR count). The maximum atomic E-state index is 13.3. The van der Waals surface area contributed by atoms with Crippen molar-refractivity contribution in [3.8, 4) is 0 Å². The average molecular weight is 595 g/mol. The van der Waals surface area contributed by atoms with E-state index in [1.807, 2.05) is 10.3 Å². The van der Waals surface area contributed by atoms with Crippen LogP contribution in [-0.2, 0) is 14.3 Å². The van der Waals surface area contributed by atoms with Crippen LogP contribution in [-0.4, -0.2) is 91.1 Å². The van der Waals surface area contributed by atoms with Gasteiger partial charge in [0.05, 0.1) is 24.5 Å². The first-order chi connectivity index (χ1) is 17.1. The van der Waals surface area contributed by atoms with Crippen molar-refractivity contribution in [1.82, 2.24) is 26.1 Å². The Hall–Kier alpha value is -1.61. The third-order valence-electron chi connectivity index (χ3n) is 6.51. The van der Waals surface area contributed by atoms with Gasteiger partial charge >= 0.3 is 6.18 Å². The molecular formula is C22H30BrF3N6O3S. The maximum Gasteiger partial charge on any atom is 0.402 e. The van der Waals surface area contributed by atoms with E-state index in [4.69, 9.17) is 4.74 Å². The molecule has 2 saturated heterocycles. The van der Waals surface area contributed by atoms with E-state index in [2.05, 4.69) is 42.6 Å².